The number of pyridine rings is 1. The number of nitrogens with zero attached hydrogens (tertiary/aromatic N) is 2. The molecule has 3 nitrogen and oxygen atoms in total. The van der Waals surface area contributed by atoms with Crippen molar-refractivity contribution in [2.75, 3.05) is 13.1 Å². The third kappa shape index (κ3) is 3.44. The lowest BCUT2D eigenvalue weighted by Crippen LogP contribution is -2.26. The van der Waals surface area contributed by atoms with Gasteiger partial charge in [-0.1, -0.05) is 18.2 Å². The van der Waals surface area contributed by atoms with Crippen molar-refractivity contribution in [1.29, 1.82) is 0 Å². The topological polar surface area (TPSA) is 33.2 Å². The molecule has 2 heterocycles. The molecule has 2 rings (SSSR count). The summed E-state index contributed by atoms with van der Waals surface area (Å²) in [5, 5.41) is 0. The highest BCUT2D eigenvalue weighted by molar-refractivity contribution is 14.0. The molecule has 4 heteroatoms. The maximum atomic E-state index is 11.8. The lowest BCUT2D eigenvalue weighted by Gasteiger charge is -2.18. The van der Waals surface area contributed by atoms with E-state index in [1.54, 1.807) is 18.3 Å². The highest BCUT2D eigenvalue weighted by Crippen LogP contribution is 2.02. The van der Waals surface area contributed by atoms with Gasteiger partial charge in [0.15, 0.2) is 5.78 Å². The highest BCUT2D eigenvalue weighted by Gasteiger charge is 2.10. The summed E-state index contributed by atoms with van der Waals surface area (Å²) in [6, 6.07) is 5.37. The van der Waals surface area contributed by atoms with Crippen molar-refractivity contribution in [2.24, 2.45) is 0 Å². The van der Waals surface area contributed by atoms with Crippen LogP contribution < -0.4 is 0 Å². The summed E-state index contributed by atoms with van der Waals surface area (Å²) >= 11 is 0. The Bertz CT molecular complexity index is 401. The summed E-state index contributed by atoms with van der Waals surface area (Å²) in [6.45, 7) is 1.17. The Hall–Kier alpha value is -1.17. The Balaban J connectivity index is 0.00000128. The van der Waals surface area contributed by atoms with Crippen LogP contribution in [0.5, 0.6) is 0 Å². The quantitative estimate of drug-likeness (QED) is 0.630. The van der Waals surface area contributed by atoms with E-state index in [0.717, 1.165) is 6.54 Å². The standard InChI is InChI=1S/C12H12N2O.HI/c15-12(11-6-2-3-7-13-11)10-14-8-4-1-5-9-14;/h1-8H,9-10H2;1H. The van der Waals surface area contributed by atoms with Crippen molar-refractivity contribution in [3.8, 4) is 0 Å². The maximum Gasteiger partial charge on any atom is 0.200 e. The fourth-order valence-corrected chi connectivity index (χ4v) is 1.42. The second-order valence-corrected chi connectivity index (χ2v) is 3.34. The molecule has 0 unspecified atom stereocenters. The molecule has 1 aromatic heterocycles. The first-order valence-corrected chi connectivity index (χ1v) is 4.88. The molecular formula is C12H13IN2O. The predicted molar refractivity (Wildman–Crippen MR) is 73.8 cm³/mol. The van der Waals surface area contributed by atoms with E-state index in [9.17, 15) is 4.79 Å². The summed E-state index contributed by atoms with van der Waals surface area (Å²) in [7, 11) is 0. The van der Waals surface area contributed by atoms with Crippen LogP contribution in [0.15, 0.2) is 48.8 Å². The van der Waals surface area contributed by atoms with Gasteiger partial charge in [0.05, 0.1) is 6.54 Å². The van der Waals surface area contributed by atoms with Gasteiger partial charge in [0, 0.05) is 12.7 Å². The molecule has 0 fully saturated rings. The monoisotopic (exact) mass is 328 g/mol. The van der Waals surface area contributed by atoms with Gasteiger partial charge in [-0.3, -0.25) is 9.78 Å². The molecule has 0 saturated carbocycles. The van der Waals surface area contributed by atoms with Crippen molar-refractivity contribution in [3.63, 3.8) is 0 Å². The number of ketones is 1. The first-order valence-electron chi connectivity index (χ1n) is 4.88. The maximum absolute atomic E-state index is 11.8. The first kappa shape index (κ1) is 12.9. The number of Topliss-reactive ketones (excluding diaryl/α,β-unsaturated/α-hetero) is 1. The number of hydrogen-bond donors (Lipinski definition) is 0. The van der Waals surface area contributed by atoms with Crippen molar-refractivity contribution < 1.29 is 4.79 Å². The Morgan fingerprint density at radius 2 is 2.25 bits per heavy atom. The van der Waals surface area contributed by atoms with E-state index in [4.69, 9.17) is 0 Å². The van der Waals surface area contributed by atoms with Crippen molar-refractivity contribution in [2.45, 2.75) is 0 Å². The third-order valence-corrected chi connectivity index (χ3v) is 2.18. The van der Waals surface area contributed by atoms with Gasteiger partial charge in [0.1, 0.15) is 5.69 Å². The smallest absolute Gasteiger partial charge is 0.200 e. The molecule has 0 spiro atoms. The Morgan fingerprint density at radius 1 is 1.38 bits per heavy atom. The van der Waals surface area contributed by atoms with Crippen molar-refractivity contribution in [1.82, 2.24) is 9.88 Å². The summed E-state index contributed by atoms with van der Waals surface area (Å²) in [4.78, 5) is 17.7. The Labute approximate surface area is 112 Å². The minimum absolute atomic E-state index is 0. The average Bonchev–Trinajstić information content (AvgIpc) is 2.31. The lowest BCUT2D eigenvalue weighted by molar-refractivity contribution is 0.0954. The number of hydrogen-bond acceptors (Lipinski definition) is 3. The molecule has 0 radical (unpaired) electrons. The van der Waals surface area contributed by atoms with E-state index in [0.29, 0.717) is 12.2 Å². The van der Waals surface area contributed by atoms with Crippen LogP contribution in [-0.4, -0.2) is 28.8 Å². The molecule has 1 aromatic rings. The van der Waals surface area contributed by atoms with Crippen molar-refractivity contribution >= 4 is 29.8 Å². The molecule has 84 valence electrons. The minimum atomic E-state index is 0. The normalized spacial score (nSPS) is 13.4. The Morgan fingerprint density at radius 3 is 2.88 bits per heavy atom. The molecule has 0 aromatic carbocycles. The van der Waals surface area contributed by atoms with Crippen LogP contribution in [0.4, 0.5) is 0 Å². The molecule has 1 aliphatic heterocycles. The average molecular weight is 328 g/mol. The fraction of sp³-hybridized carbons (Fsp3) is 0.167. The molecule has 0 saturated heterocycles. The zero-order chi connectivity index (χ0) is 10.5. The number of carbonyl (C=O) groups excluding carboxylic acids is 1. The summed E-state index contributed by atoms with van der Waals surface area (Å²) in [5.41, 5.74) is 0.528. The van der Waals surface area contributed by atoms with E-state index < -0.39 is 0 Å². The summed E-state index contributed by atoms with van der Waals surface area (Å²) < 4.78 is 0. The van der Waals surface area contributed by atoms with Crippen LogP contribution in [0, 0.1) is 0 Å². The second kappa shape index (κ2) is 6.42. The number of aromatic nitrogens is 1. The first-order chi connectivity index (χ1) is 7.36. The van der Waals surface area contributed by atoms with Gasteiger partial charge in [0.25, 0.3) is 0 Å². The fourth-order valence-electron chi connectivity index (χ4n) is 1.42. The SMILES string of the molecule is I.O=C(CN1C=CC=CC1)c1ccccn1. The predicted octanol–water partition coefficient (Wildman–Crippen LogP) is 2.27. The van der Waals surface area contributed by atoms with Gasteiger partial charge in [-0.25, -0.2) is 0 Å². The number of halogens is 1. The van der Waals surface area contributed by atoms with Gasteiger partial charge in [-0.05, 0) is 24.4 Å². The van der Waals surface area contributed by atoms with Gasteiger partial charge in [-0.2, -0.15) is 0 Å². The second-order valence-electron chi connectivity index (χ2n) is 3.34. The van der Waals surface area contributed by atoms with E-state index in [2.05, 4.69) is 4.98 Å². The van der Waals surface area contributed by atoms with Crippen LogP contribution >= 0.6 is 24.0 Å². The number of rotatable bonds is 3. The molecule has 0 amide bonds. The molecular weight excluding hydrogens is 315 g/mol. The third-order valence-electron chi connectivity index (χ3n) is 2.18. The van der Waals surface area contributed by atoms with Gasteiger partial charge < -0.3 is 4.90 Å². The zero-order valence-corrected chi connectivity index (χ0v) is 11.1. The molecule has 0 N–H and O–H groups in total. The molecule has 0 bridgehead atoms. The van der Waals surface area contributed by atoms with Crippen LogP contribution in [0.25, 0.3) is 0 Å². The van der Waals surface area contributed by atoms with Crippen LogP contribution in [0.3, 0.4) is 0 Å². The van der Waals surface area contributed by atoms with E-state index in [1.165, 1.54) is 0 Å². The van der Waals surface area contributed by atoms with Crippen LogP contribution in [0.1, 0.15) is 10.5 Å². The van der Waals surface area contributed by atoms with Gasteiger partial charge in [0.2, 0.25) is 0 Å². The minimum Gasteiger partial charge on any atom is -0.366 e. The summed E-state index contributed by atoms with van der Waals surface area (Å²) in [6.07, 6.45) is 9.47. The number of carbonyl (C=O) groups is 1. The Kier molecular flexibility index (Phi) is 5.18. The van der Waals surface area contributed by atoms with E-state index in [1.807, 2.05) is 35.4 Å². The molecule has 1 aliphatic rings. The highest BCUT2D eigenvalue weighted by atomic mass is 127. The molecule has 0 aliphatic carbocycles. The largest absolute Gasteiger partial charge is 0.366 e. The van der Waals surface area contributed by atoms with E-state index in [-0.39, 0.29) is 29.8 Å². The van der Waals surface area contributed by atoms with Gasteiger partial charge >= 0.3 is 0 Å². The van der Waals surface area contributed by atoms with Gasteiger partial charge in [-0.15, -0.1) is 24.0 Å². The zero-order valence-electron chi connectivity index (χ0n) is 8.74. The van der Waals surface area contributed by atoms with Crippen molar-refractivity contribution in [3.05, 3.63) is 54.5 Å². The van der Waals surface area contributed by atoms with Crippen LogP contribution in [0.2, 0.25) is 0 Å². The molecule has 16 heavy (non-hydrogen) atoms. The molecule has 0 atom stereocenters. The number of allylic oxidation sites excluding steroid dienone is 2. The lowest BCUT2D eigenvalue weighted by atomic mass is 10.2. The van der Waals surface area contributed by atoms with E-state index >= 15 is 0 Å². The summed E-state index contributed by atoms with van der Waals surface area (Å²) in [5.74, 6) is 0.0514. The van der Waals surface area contributed by atoms with Crippen LogP contribution in [-0.2, 0) is 0 Å².